The first-order chi connectivity index (χ1) is 9.54. The second-order valence-corrected chi connectivity index (χ2v) is 4.65. The van der Waals surface area contributed by atoms with Gasteiger partial charge in [0.1, 0.15) is 5.82 Å². The van der Waals surface area contributed by atoms with Crippen molar-refractivity contribution in [2.45, 2.75) is 6.54 Å². The summed E-state index contributed by atoms with van der Waals surface area (Å²) in [5.41, 5.74) is 6.04. The Morgan fingerprint density at radius 1 is 1.35 bits per heavy atom. The van der Waals surface area contributed by atoms with E-state index in [2.05, 4.69) is 20.1 Å². The van der Waals surface area contributed by atoms with Crippen molar-refractivity contribution in [2.75, 3.05) is 5.73 Å². The Hall–Kier alpha value is -2.48. The Morgan fingerprint density at radius 2 is 2.15 bits per heavy atom. The lowest BCUT2D eigenvalue weighted by atomic mass is 10.4. The average Bonchev–Trinajstić information content (AvgIpc) is 2.77. The molecular weight excluding hydrogens is 282 g/mol. The molecule has 2 N–H and O–H groups in total. The minimum Gasteiger partial charge on any atom is -0.383 e. The summed E-state index contributed by atoms with van der Waals surface area (Å²) in [5, 5.41) is 5.10. The van der Waals surface area contributed by atoms with Gasteiger partial charge in [-0.25, -0.2) is 19.7 Å². The van der Waals surface area contributed by atoms with Crippen molar-refractivity contribution in [2.24, 2.45) is 7.05 Å². The highest BCUT2D eigenvalue weighted by Crippen LogP contribution is 2.16. The standard InChI is InChI=1S/C11H10ClN7O/c1-18-10-7(3-15-18)9(13)16-8(17-10)5-19-4-6(12)2-14-11(19)20/h2-4H,5H2,1H3,(H2,13,16,17). The van der Waals surface area contributed by atoms with Gasteiger partial charge >= 0.3 is 5.69 Å². The van der Waals surface area contributed by atoms with E-state index in [0.717, 1.165) is 0 Å². The van der Waals surface area contributed by atoms with Gasteiger partial charge in [-0.15, -0.1) is 0 Å². The molecule has 0 saturated heterocycles. The molecule has 0 radical (unpaired) electrons. The molecule has 0 aliphatic carbocycles. The minimum absolute atomic E-state index is 0.137. The Balaban J connectivity index is 2.08. The molecule has 0 aliphatic heterocycles. The van der Waals surface area contributed by atoms with Gasteiger partial charge in [0.25, 0.3) is 0 Å². The van der Waals surface area contributed by atoms with Crippen molar-refractivity contribution in [3.63, 3.8) is 0 Å². The van der Waals surface area contributed by atoms with Crippen LogP contribution >= 0.6 is 11.6 Å². The van der Waals surface area contributed by atoms with Crippen molar-refractivity contribution in [3.05, 3.63) is 39.9 Å². The van der Waals surface area contributed by atoms with Crippen molar-refractivity contribution in [3.8, 4) is 0 Å². The van der Waals surface area contributed by atoms with E-state index in [0.29, 0.717) is 27.7 Å². The van der Waals surface area contributed by atoms with Gasteiger partial charge in [0.2, 0.25) is 0 Å². The number of fused-ring (bicyclic) bond motifs is 1. The summed E-state index contributed by atoms with van der Waals surface area (Å²) in [6.45, 7) is 0.137. The maximum Gasteiger partial charge on any atom is 0.348 e. The first-order valence-corrected chi connectivity index (χ1v) is 6.08. The van der Waals surface area contributed by atoms with Crippen LogP contribution in [0.15, 0.2) is 23.4 Å². The van der Waals surface area contributed by atoms with Gasteiger partial charge in [0.05, 0.1) is 29.3 Å². The second-order valence-electron chi connectivity index (χ2n) is 4.21. The van der Waals surface area contributed by atoms with Crippen molar-refractivity contribution in [1.29, 1.82) is 0 Å². The van der Waals surface area contributed by atoms with Gasteiger partial charge in [-0.2, -0.15) is 5.10 Å². The first kappa shape index (κ1) is 12.5. The number of halogens is 1. The summed E-state index contributed by atoms with van der Waals surface area (Å²) in [4.78, 5) is 23.8. The van der Waals surface area contributed by atoms with Crippen LogP contribution in [0.25, 0.3) is 11.0 Å². The molecule has 0 aromatic carbocycles. The molecule has 3 rings (SSSR count). The van der Waals surface area contributed by atoms with Crippen LogP contribution in [-0.4, -0.2) is 29.3 Å². The zero-order valence-corrected chi connectivity index (χ0v) is 11.2. The lowest BCUT2D eigenvalue weighted by molar-refractivity contribution is 0.690. The number of nitrogen functional groups attached to an aromatic ring is 1. The molecule has 9 heteroatoms. The van der Waals surface area contributed by atoms with Crippen molar-refractivity contribution < 1.29 is 0 Å². The highest BCUT2D eigenvalue weighted by molar-refractivity contribution is 6.30. The number of nitrogens with zero attached hydrogens (tertiary/aromatic N) is 6. The van der Waals surface area contributed by atoms with Gasteiger partial charge in [-0.3, -0.25) is 9.25 Å². The number of rotatable bonds is 2. The summed E-state index contributed by atoms with van der Waals surface area (Å²) >= 11 is 5.82. The van der Waals surface area contributed by atoms with E-state index in [9.17, 15) is 4.79 Å². The summed E-state index contributed by atoms with van der Waals surface area (Å²) in [7, 11) is 1.76. The highest BCUT2D eigenvalue weighted by atomic mass is 35.5. The normalized spacial score (nSPS) is 11.1. The van der Waals surface area contributed by atoms with E-state index < -0.39 is 5.69 Å². The predicted molar refractivity (Wildman–Crippen MR) is 73.3 cm³/mol. The fourth-order valence-corrected chi connectivity index (χ4v) is 2.02. The van der Waals surface area contributed by atoms with Gasteiger partial charge in [-0.05, 0) is 0 Å². The number of hydrogen-bond acceptors (Lipinski definition) is 6. The van der Waals surface area contributed by atoms with Crippen LogP contribution in [-0.2, 0) is 13.6 Å². The first-order valence-electron chi connectivity index (χ1n) is 5.70. The third-order valence-electron chi connectivity index (χ3n) is 2.80. The molecular formula is C11H10ClN7O. The largest absolute Gasteiger partial charge is 0.383 e. The molecule has 0 bridgehead atoms. The summed E-state index contributed by atoms with van der Waals surface area (Å²) in [5.74, 6) is 0.714. The van der Waals surface area contributed by atoms with Crippen LogP contribution in [0.2, 0.25) is 5.02 Å². The van der Waals surface area contributed by atoms with E-state index in [1.807, 2.05) is 0 Å². The monoisotopic (exact) mass is 291 g/mol. The molecule has 0 atom stereocenters. The third-order valence-corrected chi connectivity index (χ3v) is 3.00. The molecule has 0 saturated carbocycles. The Morgan fingerprint density at radius 3 is 2.95 bits per heavy atom. The number of hydrogen-bond donors (Lipinski definition) is 1. The maximum atomic E-state index is 11.6. The average molecular weight is 292 g/mol. The number of nitrogens with two attached hydrogens (primary N) is 1. The smallest absolute Gasteiger partial charge is 0.348 e. The van der Waals surface area contributed by atoms with E-state index in [-0.39, 0.29) is 6.54 Å². The van der Waals surface area contributed by atoms with E-state index >= 15 is 0 Å². The zero-order chi connectivity index (χ0) is 14.3. The third kappa shape index (κ3) is 2.10. The zero-order valence-electron chi connectivity index (χ0n) is 10.5. The fraction of sp³-hybridized carbons (Fsp3) is 0.182. The van der Waals surface area contributed by atoms with Gasteiger partial charge in [-0.1, -0.05) is 11.6 Å². The van der Waals surface area contributed by atoms with Crippen molar-refractivity contribution in [1.82, 2.24) is 29.3 Å². The van der Waals surface area contributed by atoms with Gasteiger partial charge < -0.3 is 5.73 Å². The second kappa shape index (κ2) is 4.57. The Bertz CT molecular complexity index is 854. The molecule has 0 unspecified atom stereocenters. The Labute approximate surface area is 117 Å². The predicted octanol–water partition coefficient (Wildman–Crippen LogP) is 0.204. The van der Waals surface area contributed by atoms with Crippen LogP contribution in [0.3, 0.4) is 0 Å². The van der Waals surface area contributed by atoms with Gasteiger partial charge in [0.15, 0.2) is 11.5 Å². The molecule has 3 heterocycles. The summed E-state index contributed by atoms with van der Waals surface area (Å²) in [6, 6.07) is 0. The molecule has 0 amide bonds. The molecule has 0 fully saturated rings. The quantitative estimate of drug-likeness (QED) is 0.723. The van der Waals surface area contributed by atoms with Crippen LogP contribution in [0, 0.1) is 0 Å². The Kier molecular flexibility index (Phi) is 2.87. The van der Waals surface area contributed by atoms with E-state index in [1.54, 1.807) is 17.9 Å². The number of anilines is 1. The van der Waals surface area contributed by atoms with Crippen LogP contribution in [0.5, 0.6) is 0 Å². The van der Waals surface area contributed by atoms with E-state index in [4.69, 9.17) is 17.3 Å². The van der Waals surface area contributed by atoms with Crippen LogP contribution in [0.4, 0.5) is 5.82 Å². The lowest BCUT2D eigenvalue weighted by Gasteiger charge is -2.05. The fourth-order valence-electron chi connectivity index (χ4n) is 1.86. The van der Waals surface area contributed by atoms with Gasteiger partial charge in [0, 0.05) is 13.2 Å². The van der Waals surface area contributed by atoms with Crippen LogP contribution in [0.1, 0.15) is 5.82 Å². The highest BCUT2D eigenvalue weighted by Gasteiger charge is 2.10. The lowest BCUT2D eigenvalue weighted by Crippen LogP contribution is -2.23. The summed E-state index contributed by atoms with van der Waals surface area (Å²) < 4.78 is 2.91. The molecule has 3 aromatic rings. The van der Waals surface area contributed by atoms with E-state index in [1.165, 1.54) is 17.0 Å². The van der Waals surface area contributed by atoms with Crippen molar-refractivity contribution >= 4 is 28.5 Å². The molecule has 8 nitrogen and oxygen atoms in total. The minimum atomic E-state index is -0.429. The van der Waals surface area contributed by atoms with Crippen LogP contribution < -0.4 is 11.4 Å². The number of aryl methyl sites for hydroxylation is 1. The summed E-state index contributed by atoms with van der Waals surface area (Å²) in [6.07, 6.45) is 4.37. The maximum absolute atomic E-state index is 11.6. The number of aromatic nitrogens is 6. The topological polar surface area (TPSA) is 105 Å². The molecule has 0 aliphatic rings. The SMILES string of the molecule is Cn1ncc2c(N)nc(Cn3cc(Cl)cnc3=O)nc21. The molecule has 3 aromatic heterocycles. The molecule has 0 spiro atoms. The molecule has 20 heavy (non-hydrogen) atoms. The molecule has 102 valence electrons.